The Bertz CT molecular complexity index is 508. The van der Waals surface area contributed by atoms with Crippen LogP contribution >= 0.6 is 22.6 Å². The van der Waals surface area contributed by atoms with Crippen molar-refractivity contribution in [2.75, 3.05) is 0 Å². The molecule has 2 atom stereocenters. The van der Waals surface area contributed by atoms with Gasteiger partial charge in [-0.2, -0.15) is 35.1 Å². The predicted molar refractivity (Wildman–Crippen MR) is 73.5 cm³/mol. The Labute approximate surface area is 139 Å². The Kier molecular flexibility index (Phi) is 5.91. The third-order valence-corrected chi connectivity index (χ3v) is 3.99. The molecule has 1 aromatic rings. The summed E-state index contributed by atoms with van der Waals surface area (Å²) in [6, 6.07) is 7.49. The van der Waals surface area contributed by atoms with E-state index in [1.165, 1.54) is 46.9 Å². The van der Waals surface area contributed by atoms with E-state index in [0.29, 0.717) is 5.56 Å². The third-order valence-electron chi connectivity index (χ3n) is 3.11. The summed E-state index contributed by atoms with van der Waals surface area (Å²) in [5.74, 6) is -6.54. The van der Waals surface area contributed by atoms with Gasteiger partial charge in [-0.15, -0.1) is 0 Å². The quantitative estimate of drug-likeness (QED) is 0.290. The normalized spacial score (nSPS) is 17.7. The maximum absolute atomic E-state index is 13.9. The van der Waals surface area contributed by atoms with Crippen LogP contribution in [0.5, 0.6) is 0 Å². The molecule has 0 nitrogen and oxygen atoms in total. The summed E-state index contributed by atoms with van der Waals surface area (Å²) in [7, 11) is 0. The lowest BCUT2D eigenvalue weighted by Crippen LogP contribution is -2.62. The molecule has 0 aliphatic carbocycles. The second kappa shape index (κ2) is 6.67. The molecule has 0 saturated heterocycles. The first-order valence-corrected chi connectivity index (χ1v) is 7.35. The van der Waals surface area contributed by atoms with Gasteiger partial charge >= 0.3 is 18.3 Å². The van der Waals surface area contributed by atoms with Crippen molar-refractivity contribution in [2.45, 2.75) is 40.7 Å². The van der Waals surface area contributed by atoms with Crippen LogP contribution in [0.4, 0.5) is 39.5 Å². The zero-order valence-electron chi connectivity index (χ0n) is 11.2. The number of hydrogen-bond acceptors (Lipinski definition) is 0. The highest BCUT2D eigenvalue weighted by molar-refractivity contribution is 14.1. The number of alkyl halides is 10. The van der Waals surface area contributed by atoms with Crippen LogP contribution < -0.4 is 0 Å². The molecule has 0 aromatic heterocycles. The van der Waals surface area contributed by atoms with Gasteiger partial charge in [-0.05, 0) is 12.0 Å². The van der Waals surface area contributed by atoms with Gasteiger partial charge in [-0.25, -0.2) is 4.39 Å². The average Bonchev–Trinajstić information content (AvgIpc) is 2.36. The second-order valence-corrected chi connectivity index (χ2v) is 6.62. The molecule has 0 heterocycles. The van der Waals surface area contributed by atoms with Crippen LogP contribution in [-0.4, -0.2) is 27.9 Å². The van der Waals surface area contributed by atoms with Gasteiger partial charge in [0.1, 0.15) is 0 Å². The van der Waals surface area contributed by atoms with E-state index in [1.54, 1.807) is 6.07 Å². The first-order chi connectivity index (χ1) is 10.2. The largest absolute Gasteiger partial charge is 0.457 e. The van der Waals surface area contributed by atoms with E-state index in [-0.39, 0.29) is 6.42 Å². The maximum Gasteiger partial charge on any atom is 0.457 e. The summed E-state index contributed by atoms with van der Waals surface area (Å²) in [4.78, 5) is 0. The summed E-state index contributed by atoms with van der Waals surface area (Å²) in [5, 5.41) is 0. The first kappa shape index (κ1) is 20.4. The van der Waals surface area contributed by atoms with E-state index < -0.39 is 34.3 Å². The van der Waals surface area contributed by atoms with Crippen molar-refractivity contribution in [2.24, 2.45) is 0 Å². The average molecular weight is 464 g/mol. The van der Waals surface area contributed by atoms with Crippen LogP contribution in [0, 0.1) is 0 Å². The summed E-state index contributed by atoms with van der Waals surface area (Å²) in [5.41, 5.74) is -5.30. The molecule has 1 aromatic carbocycles. The van der Waals surface area contributed by atoms with Crippen molar-refractivity contribution < 1.29 is 39.5 Å². The van der Waals surface area contributed by atoms with Crippen molar-refractivity contribution in [3.63, 3.8) is 0 Å². The molecule has 0 amide bonds. The van der Waals surface area contributed by atoms with Crippen LogP contribution in [-0.2, 0) is 6.42 Å². The predicted octanol–water partition coefficient (Wildman–Crippen LogP) is 5.89. The van der Waals surface area contributed by atoms with E-state index in [9.17, 15) is 39.5 Å². The fourth-order valence-corrected chi connectivity index (χ4v) is 3.01. The van der Waals surface area contributed by atoms with Gasteiger partial charge in [0.15, 0.2) is 0 Å². The molecule has 0 N–H and O–H groups in total. The monoisotopic (exact) mass is 464 g/mol. The highest BCUT2D eigenvalue weighted by atomic mass is 127. The molecule has 0 radical (unpaired) electrons. The minimum absolute atomic E-state index is 0.281. The smallest absolute Gasteiger partial charge is 0.227 e. The zero-order chi connectivity index (χ0) is 18.1. The van der Waals surface area contributed by atoms with Gasteiger partial charge in [0.25, 0.3) is 5.67 Å². The Balaban J connectivity index is 3.09. The molecule has 1 rings (SSSR count). The molecule has 132 valence electrons. The molecular formula is C13H10F9I. The molecule has 0 saturated carbocycles. The van der Waals surface area contributed by atoms with Crippen molar-refractivity contribution >= 4 is 22.6 Å². The molecule has 0 aliphatic heterocycles. The van der Waals surface area contributed by atoms with Gasteiger partial charge in [-0.1, -0.05) is 52.9 Å². The second-order valence-electron chi connectivity index (χ2n) is 4.86. The van der Waals surface area contributed by atoms with Crippen LogP contribution in [0.1, 0.15) is 12.0 Å². The minimum atomic E-state index is -6.65. The Morgan fingerprint density at radius 2 is 1.26 bits per heavy atom. The third kappa shape index (κ3) is 4.24. The van der Waals surface area contributed by atoms with E-state index in [4.69, 9.17) is 0 Å². The Morgan fingerprint density at radius 3 is 1.65 bits per heavy atom. The lowest BCUT2D eigenvalue weighted by Gasteiger charge is -2.37. The van der Waals surface area contributed by atoms with E-state index in [2.05, 4.69) is 0 Å². The number of benzene rings is 1. The molecule has 2 unspecified atom stereocenters. The summed E-state index contributed by atoms with van der Waals surface area (Å²) in [6.45, 7) is 0. The molecule has 0 aliphatic rings. The van der Waals surface area contributed by atoms with Gasteiger partial charge in [0, 0.05) is 10.3 Å². The molecule has 10 heteroatoms. The lowest BCUT2D eigenvalue weighted by molar-refractivity contribution is -0.384. The van der Waals surface area contributed by atoms with Gasteiger partial charge in [-0.3, -0.25) is 0 Å². The molecule has 0 fully saturated rings. The van der Waals surface area contributed by atoms with Crippen LogP contribution in [0.3, 0.4) is 0 Å². The molecular weight excluding hydrogens is 454 g/mol. The fourth-order valence-electron chi connectivity index (χ4n) is 1.89. The van der Waals surface area contributed by atoms with Gasteiger partial charge < -0.3 is 0 Å². The summed E-state index contributed by atoms with van der Waals surface area (Å²) >= 11 is 1.24. The van der Waals surface area contributed by atoms with Crippen LogP contribution in [0.2, 0.25) is 0 Å². The van der Waals surface area contributed by atoms with Crippen molar-refractivity contribution in [3.8, 4) is 0 Å². The van der Waals surface area contributed by atoms with Crippen molar-refractivity contribution in [1.29, 1.82) is 0 Å². The van der Waals surface area contributed by atoms with E-state index in [1.807, 2.05) is 0 Å². The number of rotatable bonds is 5. The first-order valence-electron chi connectivity index (χ1n) is 6.10. The lowest BCUT2D eigenvalue weighted by atomic mass is 9.89. The maximum atomic E-state index is 13.9. The zero-order valence-corrected chi connectivity index (χ0v) is 13.3. The van der Waals surface area contributed by atoms with Crippen molar-refractivity contribution in [1.82, 2.24) is 0 Å². The number of halogens is 10. The topological polar surface area (TPSA) is 0 Å². The molecule has 0 bridgehead atoms. The Hall–Kier alpha value is -0.680. The molecule has 0 spiro atoms. The van der Waals surface area contributed by atoms with Crippen LogP contribution in [0.15, 0.2) is 30.3 Å². The SMILES string of the molecule is FC(F)(F)C(F)(F)C(F)(CC(I)Cc1ccccc1)C(F)(F)F. The Morgan fingerprint density at radius 1 is 0.783 bits per heavy atom. The highest BCUT2D eigenvalue weighted by Gasteiger charge is 2.80. The highest BCUT2D eigenvalue weighted by Crippen LogP contribution is 2.55. The summed E-state index contributed by atoms with van der Waals surface area (Å²) in [6.07, 6.45) is -15.3. The van der Waals surface area contributed by atoms with E-state index >= 15 is 0 Å². The molecule has 23 heavy (non-hydrogen) atoms. The van der Waals surface area contributed by atoms with E-state index in [0.717, 1.165) is 0 Å². The summed E-state index contributed by atoms with van der Waals surface area (Å²) < 4.78 is 114. The van der Waals surface area contributed by atoms with Crippen molar-refractivity contribution in [3.05, 3.63) is 35.9 Å². The number of hydrogen-bond donors (Lipinski definition) is 0. The van der Waals surface area contributed by atoms with Crippen LogP contribution in [0.25, 0.3) is 0 Å². The van der Waals surface area contributed by atoms with Gasteiger partial charge in [0.05, 0.1) is 0 Å². The van der Waals surface area contributed by atoms with Gasteiger partial charge in [0.2, 0.25) is 0 Å². The standard InChI is InChI=1S/C13H10F9I/c14-10(12(17,18)19,11(15,16)13(20,21)22)7-9(23)6-8-4-2-1-3-5-8/h1-5,9H,6-7H2. The fraction of sp³-hybridized carbons (Fsp3) is 0.538. The minimum Gasteiger partial charge on any atom is -0.227 e.